The minimum Gasteiger partial charge on any atom is -0.326 e. The van der Waals surface area contributed by atoms with Gasteiger partial charge in [0.2, 0.25) is 5.91 Å². The van der Waals surface area contributed by atoms with Gasteiger partial charge in [-0.1, -0.05) is 90.1 Å². The molecule has 3 aromatic rings. The van der Waals surface area contributed by atoms with Crippen LogP contribution in [0.5, 0.6) is 0 Å². The van der Waals surface area contributed by atoms with Gasteiger partial charge in [-0.2, -0.15) is 10.1 Å². The van der Waals surface area contributed by atoms with Crippen molar-refractivity contribution in [3.63, 3.8) is 0 Å². The topological polar surface area (TPSA) is 74.1 Å². The highest BCUT2D eigenvalue weighted by Crippen LogP contribution is 2.38. The molecular weight excluding hydrogens is 444 g/mol. The number of aryl methyl sites for hydroxylation is 1. The number of hydrogen-bond acceptors (Lipinski definition) is 5. The zero-order valence-corrected chi connectivity index (χ0v) is 19.5. The Morgan fingerprint density at radius 2 is 1.68 bits per heavy atom. The minimum absolute atomic E-state index is 0.0593. The van der Waals surface area contributed by atoms with Crippen LogP contribution in [0.4, 0.5) is 5.69 Å². The predicted octanol–water partition coefficient (Wildman–Crippen LogP) is 5.17. The largest absolute Gasteiger partial charge is 0.326 e. The molecule has 5 rings (SSSR count). The molecule has 0 saturated carbocycles. The molecule has 2 amide bonds. The summed E-state index contributed by atoms with van der Waals surface area (Å²) in [6, 6.07) is 27.6. The number of nitrogens with one attached hydrogen (secondary N) is 1. The van der Waals surface area contributed by atoms with Crippen LogP contribution in [0.3, 0.4) is 0 Å². The summed E-state index contributed by atoms with van der Waals surface area (Å²) in [5, 5.41) is 9.56. The van der Waals surface area contributed by atoms with E-state index in [0.29, 0.717) is 17.3 Å². The number of anilines is 1. The van der Waals surface area contributed by atoms with Crippen molar-refractivity contribution in [1.29, 1.82) is 0 Å². The number of benzene rings is 3. The highest BCUT2D eigenvalue weighted by Gasteiger charge is 2.39. The standard InChI is InChI=1S/C27H24N4O2S/c1-18-12-14-19(15-13-18)22-16-23(20-8-4-2-5-9-20)31(30-22)27-29-26(33)24(34-27)17-25(32)28-21-10-6-3-7-11-21/h2-15,23-24H,16-17H2,1H3,(H,28,32)/t23-,24+/m1/s1. The van der Waals surface area contributed by atoms with Crippen LogP contribution in [0.15, 0.2) is 95.0 Å². The summed E-state index contributed by atoms with van der Waals surface area (Å²) in [6.45, 7) is 2.06. The molecule has 0 fully saturated rings. The lowest BCUT2D eigenvalue weighted by Gasteiger charge is -2.23. The second kappa shape index (κ2) is 9.65. The van der Waals surface area contributed by atoms with Gasteiger partial charge < -0.3 is 5.32 Å². The molecule has 0 radical (unpaired) electrons. The van der Waals surface area contributed by atoms with Crippen molar-refractivity contribution in [2.24, 2.45) is 10.1 Å². The second-order valence-electron chi connectivity index (χ2n) is 8.35. The number of amides is 2. The first-order valence-electron chi connectivity index (χ1n) is 11.2. The normalized spacial score (nSPS) is 19.7. The molecule has 0 saturated heterocycles. The first-order valence-corrected chi connectivity index (χ1v) is 12.1. The number of amidine groups is 1. The Bertz CT molecular complexity index is 1260. The Morgan fingerprint density at radius 3 is 2.38 bits per heavy atom. The van der Waals surface area contributed by atoms with E-state index in [0.717, 1.165) is 16.8 Å². The SMILES string of the molecule is Cc1ccc(C2=NN(C3=NC(=O)[C@H](CC(=O)Nc4ccccc4)S3)[C@@H](c3ccccc3)C2)cc1. The Labute approximate surface area is 202 Å². The van der Waals surface area contributed by atoms with E-state index < -0.39 is 5.25 Å². The van der Waals surface area contributed by atoms with Crippen molar-refractivity contribution < 1.29 is 9.59 Å². The fourth-order valence-corrected chi connectivity index (χ4v) is 5.11. The zero-order chi connectivity index (χ0) is 23.5. The number of carbonyl (C=O) groups excluding carboxylic acids is 2. The smallest absolute Gasteiger partial charge is 0.262 e. The van der Waals surface area contributed by atoms with Gasteiger partial charge in [-0.15, -0.1) is 0 Å². The van der Waals surface area contributed by atoms with Crippen molar-refractivity contribution in [1.82, 2.24) is 5.01 Å². The van der Waals surface area contributed by atoms with Crippen LogP contribution in [-0.4, -0.2) is 33.0 Å². The molecule has 3 aromatic carbocycles. The highest BCUT2D eigenvalue weighted by atomic mass is 32.2. The van der Waals surface area contributed by atoms with Gasteiger partial charge in [-0.25, -0.2) is 5.01 Å². The summed E-state index contributed by atoms with van der Waals surface area (Å²) < 4.78 is 0. The number of nitrogens with zero attached hydrogens (tertiary/aromatic N) is 3. The summed E-state index contributed by atoms with van der Waals surface area (Å²) in [6.07, 6.45) is 0.768. The molecule has 0 spiro atoms. The minimum atomic E-state index is -0.561. The van der Waals surface area contributed by atoms with Gasteiger partial charge in [0.1, 0.15) is 5.25 Å². The van der Waals surface area contributed by atoms with Gasteiger partial charge in [0.05, 0.1) is 11.8 Å². The van der Waals surface area contributed by atoms with E-state index in [1.807, 2.05) is 53.5 Å². The number of rotatable bonds is 5. The molecule has 2 aliphatic rings. The Hall–Kier alpha value is -3.71. The van der Waals surface area contributed by atoms with Crippen molar-refractivity contribution >= 4 is 40.1 Å². The van der Waals surface area contributed by atoms with Gasteiger partial charge in [-0.05, 0) is 30.2 Å². The van der Waals surface area contributed by atoms with Gasteiger partial charge in [-0.3, -0.25) is 9.59 Å². The van der Waals surface area contributed by atoms with Gasteiger partial charge in [0, 0.05) is 18.5 Å². The number of hydrazone groups is 1. The van der Waals surface area contributed by atoms with Crippen LogP contribution in [0, 0.1) is 6.92 Å². The molecule has 7 heteroatoms. The summed E-state index contributed by atoms with van der Waals surface area (Å²) >= 11 is 1.31. The average molecular weight is 469 g/mol. The van der Waals surface area contributed by atoms with E-state index >= 15 is 0 Å². The second-order valence-corrected chi connectivity index (χ2v) is 9.52. The highest BCUT2D eigenvalue weighted by molar-refractivity contribution is 8.15. The molecule has 2 atom stereocenters. The molecule has 0 unspecified atom stereocenters. The Morgan fingerprint density at radius 1 is 1.00 bits per heavy atom. The number of carbonyl (C=O) groups is 2. The van der Waals surface area contributed by atoms with Crippen LogP contribution < -0.4 is 5.32 Å². The summed E-state index contributed by atoms with van der Waals surface area (Å²) in [5.41, 5.74) is 5.02. The van der Waals surface area contributed by atoms with Crippen LogP contribution in [0.1, 0.15) is 35.6 Å². The lowest BCUT2D eigenvalue weighted by atomic mass is 9.98. The quantitative estimate of drug-likeness (QED) is 0.560. The van der Waals surface area contributed by atoms with E-state index in [4.69, 9.17) is 5.10 Å². The third kappa shape index (κ3) is 4.79. The van der Waals surface area contributed by atoms with E-state index in [1.165, 1.54) is 17.3 Å². The van der Waals surface area contributed by atoms with Crippen LogP contribution in [-0.2, 0) is 9.59 Å². The molecule has 2 aliphatic heterocycles. The number of aliphatic imine (C=N–C) groups is 1. The van der Waals surface area contributed by atoms with Crippen molar-refractivity contribution in [3.05, 3.63) is 102 Å². The molecule has 1 N–H and O–H groups in total. The van der Waals surface area contributed by atoms with E-state index in [9.17, 15) is 9.59 Å². The Kier molecular flexibility index (Phi) is 6.27. The van der Waals surface area contributed by atoms with E-state index in [2.05, 4.69) is 53.6 Å². The maximum absolute atomic E-state index is 12.7. The fourth-order valence-electron chi connectivity index (χ4n) is 4.05. The van der Waals surface area contributed by atoms with E-state index in [-0.39, 0.29) is 24.3 Å². The van der Waals surface area contributed by atoms with Crippen LogP contribution in [0.25, 0.3) is 0 Å². The van der Waals surface area contributed by atoms with Crippen molar-refractivity contribution in [3.8, 4) is 0 Å². The lowest BCUT2D eigenvalue weighted by molar-refractivity contribution is -0.121. The summed E-state index contributed by atoms with van der Waals surface area (Å²) in [4.78, 5) is 29.5. The fraction of sp³-hybridized carbons (Fsp3) is 0.185. The van der Waals surface area contributed by atoms with Gasteiger partial charge in [0.25, 0.3) is 5.91 Å². The lowest BCUT2D eigenvalue weighted by Crippen LogP contribution is -2.25. The van der Waals surface area contributed by atoms with E-state index in [1.54, 1.807) is 0 Å². The third-order valence-electron chi connectivity index (χ3n) is 5.83. The molecule has 0 aliphatic carbocycles. The van der Waals surface area contributed by atoms with Crippen molar-refractivity contribution in [2.45, 2.75) is 31.1 Å². The zero-order valence-electron chi connectivity index (χ0n) is 18.7. The molecule has 2 heterocycles. The van der Waals surface area contributed by atoms with Crippen LogP contribution in [0.2, 0.25) is 0 Å². The number of thioether (sulfide) groups is 1. The monoisotopic (exact) mass is 468 g/mol. The third-order valence-corrected chi connectivity index (χ3v) is 6.97. The maximum Gasteiger partial charge on any atom is 0.262 e. The van der Waals surface area contributed by atoms with Gasteiger partial charge in [0.15, 0.2) is 5.17 Å². The van der Waals surface area contributed by atoms with Crippen molar-refractivity contribution in [2.75, 3.05) is 5.32 Å². The molecular formula is C27H24N4O2S. The first-order chi connectivity index (χ1) is 16.6. The molecule has 170 valence electrons. The molecule has 0 aromatic heterocycles. The summed E-state index contributed by atoms with van der Waals surface area (Å²) in [7, 11) is 0. The molecule has 34 heavy (non-hydrogen) atoms. The van der Waals surface area contributed by atoms with Gasteiger partial charge >= 0.3 is 0 Å². The molecule has 0 bridgehead atoms. The van der Waals surface area contributed by atoms with Crippen LogP contribution >= 0.6 is 11.8 Å². The summed E-state index contributed by atoms with van der Waals surface area (Å²) in [5.74, 6) is -0.507. The Balaban J connectivity index is 1.35. The number of hydrogen-bond donors (Lipinski definition) is 1. The average Bonchev–Trinajstić information content (AvgIpc) is 3.45. The predicted molar refractivity (Wildman–Crippen MR) is 137 cm³/mol. The first kappa shape index (κ1) is 22.1. The molecule has 6 nitrogen and oxygen atoms in total. The number of para-hydroxylation sites is 1. The maximum atomic E-state index is 12.7.